The van der Waals surface area contributed by atoms with Crippen LogP contribution in [0.5, 0.6) is 5.75 Å². The zero-order chi connectivity index (χ0) is 16.1. The first-order valence-electron chi connectivity index (χ1n) is 7.32. The number of furan rings is 1. The summed E-state index contributed by atoms with van der Waals surface area (Å²) < 4.78 is 10.6. The summed E-state index contributed by atoms with van der Waals surface area (Å²) in [6.45, 7) is 4.07. The van der Waals surface area contributed by atoms with Gasteiger partial charge in [-0.15, -0.1) is 0 Å². The predicted molar refractivity (Wildman–Crippen MR) is 87.3 cm³/mol. The van der Waals surface area contributed by atoms with Crippen LogP contribution in [0.1, 0.15) is 43.7 Å². The summed E-state index contributed by atoms with van der Waals surface area (Å²) in [4.78, 5) is 0. The number of rotatable bonds is 7. The number of hydrogen-bond donors (Lipinski definition) is 2. The van der Waals surface area contributed by atoms with E-state index in [9.17, 15) is 5.11 Å². The standard InChI is InChI=1S/C17H22ClNO3/c1-11(9-15(20)17-5-4-8-22-17)19-12(2)14-10-13(18)6-7-16(14)21-3/h4-8,10-12,15,19-20H,9H2,1-3H3. The van der Waals surface area contributed by atoms with Crippen LogP contribution >= 0.6 is 11.6 Å². The molecular formula is C17H22ClNO3. The van der Waals surface area contributed by atoms with Crippen molar-refractivity contribution in [2.24, 2.45) is 0 Å². The maximum Gasteiger partial charge on any atom is 0.132 e. The van der Waals surface area contributed by atoms with E-state index < -0.39 is 6.10 Å². The van der Waals surface area contributed by atoms with E-state index in [0.717, 1.165) is 11.3 Å². The van der Waals surface area contributed by atoms with Crippen molar-refractivity contribution in [3.63, 3.8) is 0 Å². The molecule has 1 heterocycles. The molecule has 0 spiro atoms. The third-order valence-electron chi connectivity index (χ3n) is 3.64. The SMILES string of the molecule is COc1ccc(Cl)cc1C(C)NC(C)CC(O)c1ccco1. The maximum atomic E-state index is 10.1. The van der Waals surface area contributed by atoms with Gasteiger partial charge in [0.25, 0.3) is 0 Å². The second-order valence-electron chi connectivity index (χ2n) is 5.44. The molecule has 120 valence electrons. The number of benzene rings is 1. The molecule has 0 bridgehead atoms. The molecular weight excluding hydrogens is 302 g/mol. The van der Waals surface area contributed by atoms with Crippen LogP contribution in [0.2, 0.25) is 5.02 Å². The highest BCUT2D eigenvalue weighted by atomic mass is 35.5. The van der Waals surface area contributed by atoms with E-state index >= 15 is 0 Å². The lowest BCUT2D eigenvalue weighted by molar-refractivity contribution is 0.127. The van der Waals surface area contributed by atoms with Crippen molar-refractivity contribution in [2.45, 2.75) is 38.5 Å². The van der Waals surface area contributed by atoms with Gasteiger partial charge in [0.15, 0.2) is 0 Å². The first-order chi connectivity index (χ1) is 10.5. The van der Waals surface area contributed by atoms with Crippen LogP contribution in [-0.4, -0.2) is 18.3 Å². The minimum Gasteiger partial charge on any atom is -0.496 e. The summed E-state index contributed by atoms with van der Waals surface area (Å²) in [6, 6.07) is 9.26. The van der Waals surface area contributed by atoms with Gasteiger partial charge in [0.05, 0.1) is 13.4 Å². The Morgan fingerprint density at radius 1 is 1.32 bits per heavy atom. The number of aliphatic hydroxyl groups excluding tert-OH is 1. The van der Waals surface area contributed by atoms with E-state index in [0.29, 0.717) is 17.2 Å². The lowest BCUT2D eigenvalue weighted by Gasteiger charge is -2.23. The van der Waals surface area contributed by atoms with E-state index in [1.807, 2.05) is 26.0 Å². The molecule has 2 N–H and O–H groups in total. The molecule has 0 saturated carbocycles. The van der Waals surface area contributed by atoms with Gasteiger partial charge in [-0.05, 0) is 50.6 Å². The molecule has 5 heteroatoms. The van der Waals surface area contributed by atoms with Crippen LogP contribution < -0.4 is 10.1 Å². The Labute approximate surface area is 136 Å². The van der Waals surface area contributed by atoms with Crippen molar-refractivity contribution >= 4 is 11.6 Å². The molecule has 0 aliphatic carbocycles. The van der Waals surface area contributed by atoms with Crippen LogP contribution in [0, 0.1) is 0 Å². The second-order valence-corrected chi connectivity index (χ2v) is 5.88. The summed E-state index contributed by atoms with van der Waals surface area (Å²) in [5, 5.41) is 14.3. The molecule has 3 atom stereocenters. The van der Waals surface area contributed by atoms with Gasteiger partial charge < -0.3 is 19.6 Å². The second kappa shape index (κ2) is 7.68. The Morgan fingerprint density at radius 3 is 2.73 bits per heavy atom. The van der Waals surface area contributed by atoms with Crippen LogP contribution in [0.4, 0.5) is 0 Å². The lowest BCUT2D eigenvalue weighted by Crippen LogP contribution is -2.30. The molecule has 1 aromatic carbocycles. The molecule has 2 rings (SSSR count). The predicted octanol–water partition coefficient (Wildman–Crippen LogP) is 4.10. The van der Waals surface area contributed by atoms with Crippen LogP contribution in [0.15, 0.2) is 41.0 Å². The van der Waals surface area contributed by atoms with Crippen molar-refractivity contribution in [2.75, 3.05) is 7.11 Å². The molecule has 22 heavy (non-hydrogen) atoms. The Morgan fingerprint density at radius 2 is 2.09 bits per heavy atom. The minimum absolute atomic E-state index is 0.0486. The summed E-state index contributed by atoms with van der Waals surface area (Å²) in [6.07, 6.45) is 1.50. The number of aliphatic hydroxyl groups is 1. The molecule has 0 fully saturated rings. The normalized spacial score (nSPS) is 15.3. The van der Waals surface area contributed by atoms with E-state index in [4.69, 9.17) is 20.8 Å². The number of ether oxygens (including phenoxy) is 1. The van der Waals surface area contributed by atoms with E-state index in [-0.39, 0.29) is 12.1 Å². The van der Waals surface area contributed by atoms with Crippen molar-refractivity contribution in [3.05, 3.63) is 52.9 Å². The lowest BCUT2D eigenvalue weighted by atomic mass is 10.0. The molecule has 0 radical (unpaired) electrons. The number of hydrogen-bond acceptors (Lipinski definition) is 4. The van der Waals surface area contributed by atoms with Gasteiger partial charge >= 0.3 is 0 Å². The maximum absolute atomic E-state index is 10.1. The molecule has 0 saturated heterocycles. The number of nitrogens with one attached hydrogen (secondary N) is 1. The van der Waals surface area contributed by atoms with E-state index in [1.165, 1.54) is 0 Å². The van der Waals surface area contributed by atoms with Crippen LogP contribution in [-0.2, 0) is 0 Å². The number of methoxy groups -OCH3 is 1. The number of halogens is 1. The zero-order valence-electron chi connectivity index (χ0n) is 13.0. The van der Waals surface area contributed by atoms with Crippen molar-refractivity contribution in [1.29, 1.82) is 0 Å². The topological polar surface area (TPSA) is 54.6 Å². The molecule has 0 amide bonds. The Kier molecular flexibility index (Phi) is 5.89. The fraction of sp³-hybridized carbons (Fsp3) is 0.412. The van der Waals surface area contributed by atoms with Gasteiger partial charge in [-0.2, -0.15) is 0 Å². The smallest absolute Gasteiger partial charge is 0.132 e. The average Bonchev–Trinajstić information content (AvgIpc) is 3.01. The summed E-state index contributed by atoms with van der Waals surface area (Å²) in [5.41, 5.74) is 0.995. The fourth-order valence-corrected chi connectivity index (χ4v) is 2.74. The first kappa shape index (κ1) is 16.9. The average molecular weight is 324 g/mol. The minimum atomic E-state index is -0.619. The van der Waals surface area contributed by atoms with Crippen LogP contribution in [0.3, 0.4) is 0 Å². The Bertz CT molecular complexity index is 586. The zero-order valence-corrected chi connectivity index (χ0v) is 13.8. The summed E-state index contributed by atoms with van der Waals surface area (Å²) >= 11 is 6.07. The molecule has 0 aliphatic heterocycles. The third kappa shape index (κ3) is 4.26. The van der Waals surface area contributed by atoms with Crippen molar-refractivity contribution in [3.8, 4) is 5.75 Å². The summed E-state index contributed by atoms with van der Waals surface area (Å²) in [5.74, 6) is 1.38. The fourth-order valence-electron chi connectivity index (χ4n) is 2.56. The van der Waals surface area contributed by atoms with Gasteiger partial charge in [-0.1, -0.05) is 11.6 Å². The third-order valence-corrected chi connectivity index (χ3v) is 3.88. The highest BCUT2D eigenvalue weighted by molar-refractivity contribution is 6.30. The highest BCUT2D eigenvalue weighted by Gasteiger charge is 2.18. The molecule has 4 nitrogen and oxygen atoms in total. The van der Waals surface area contributed by atoms with Gasteiger partial charge in [-0.3, -0.25) is 0 Å². The largest absolute Gasteiger partial charge is 0.496 e. The van der Waals surface area contributed by atoms with Crippen molar-refractivity contribution in [1.82, 2.24) is 5.32 Å². The Hall–Kier alpha value is -1.49. The van der Waals surface area contributed by atoms with E-state index in [1.54, 1.807) is 31.6 Å². The van der Waals surface area contributed by atoms with Gasteiger partial charge in [0, 0.05) is 22.7 Å². The van der Waals surface area contributed by atoms with Gasteiger partial charge in [0.2, 0.25) is 0 Å². The molecule has 3 unspecified atom stereocenters. The molecule has 1 aromatic heterocycles. The molecule has 2 aromatic rings. The van der Waals surface area contributed by atoms with E-state index in [2.05, 4.69) is 5.32 Å². The van der Waals surface area contributed by atoms with Crippen molar-refractivity contribution < 1.29 is 14.3 Å². The van der Waals surface area contributed by atoms with Gasteiger partial charge in [0.1, 0.15) is 17.6 Å². The quantitative estimate of drug-likeness (QED) is 0.805. The summed E-state index contributed by atoms with van der Waals surface area (Å²) in [7, 11) is 1.64. The van der Waals surface area contributed by atoms with Crippen LogP contribution in [0.25, 0.3) is 0 Å². The van der Waals surface area contributed by atoms with Gasteiger partial charge in [-0.25, -0.2) is 0 Å². The monoisotopic (exact) mass is 323 g/mol. The first-order valence-corrected chi connectivity index (χ1v) is 7.70. The Balaban J connectivity index is 1.99. The molecule has 0 aliphatic rings. The highest BCUT2D eigenvalue weighted by Crippen LogP contribution is 2.29.